The Bertz CT molecular complexity index is 553. The summed E-state index contributed by atoms with van der Waals surface area (Å²) in [5.74, 6) is 0. The van der Waals surface area contributed by atoms with Crippen molar-refractivity contribution in [2.24, 2.45) is 0 Å². The molecule has 0 aliphatic heterocycles. The lowest BCUT2D eigenvalue weighted by Gasteiger charge is -2.19. The molecular weight excluding hydrogens is 265 g/mol. The smallest absolute Gasteiger partial charge is 0.296 e. The Morgan fingerprint density at radius 2 is 1.70 bits per heavy atom. The number of hydrogen-bond acceptors (Lipinski definition) is 2. The van der Waals surface area contributed by atoms with Crippen molar-refractivity contribution in [2.45, 2.75) is 19.3 Å². The Labute approximate surface area is 115 Å². The van der Waals surface area contributed by atoms with E-state index in [2.05, 4.69) is 4.98 Å². The van der Waals surface area contributed by atoms with E-state index in [1.54, 1.807) is 19.3 Å². The second-order valence-electron chi connectivity index (χ2n) is 4.65. The van der Waals surface area contributed by atoms with Crippen LogP contribution >= 0.6 is 0 Å². The monoisotopic (exact) mass is 280 g/mol. The highest BCUT2D eigenvalue weighted by atomic mass is 19.4. The molecule has 0 amide bonds. The Kier molecular flexibility index (Phi) is 4.39. The Balaban J connectivity index is 2.10. The molecular formula is C15H15F3N2. The summed E-state index contributed by atoms with van der Waals surface area (Å²) in [4.78, 5) is 5.98. The minimum Gasteiger partial charge on any atom is -0.296 e. The van der Waals surface area contributed by atoms with Gasteiger partial charge >= 0.3 is 6.18 Å². The van der Waals surface area contributed by atoms with Crippen LogP contribution in [0.15, 0.2) is 48.7 Å². The summed E-state index contributed by atoms with van der Waals surface area (Å²) < 4.78 is 38.7. The van der Waals surface area contributed by atoms with Crippen LogP contribution in [0.2, 0.25) is 0 Å². The first-order valence-corrected chi connectivity index (χ1v) is 6.20. The topological polar surface area (TPSA) is 16.1 Å². The molecule has 0 aliphatic rings. The van der Waals surface area contributed by atoms with Gasteiger partial charge in [-0.15, -0.1) is 0 Å². The molecule has 0 bridgehead atoms. The van der Waals surface area contributed by atoms with Crippen molar-refractivity contribution < 1.29 is 13.2 Å². The lowest BCUT2D eigenvalue weighted by Crippen LogP contribution is -2.20. The van der Waals surface area contributed by atoms with E-state index in [0.717, 1.165) is 11.8 Å². The minimum absolute atomic E-state index is 0.228. The van der Waals surface area contributed by atoms with Gasteiger partial charge in [0, 0.05) is 19.3 Å². The average molecular weight is 280 g/mol. The van der Waals surface area contributed by atoms with Gasteiger partial charge in [0.05, 0.1) is 11.3 Å². The highest BCUT2D eigenvalue weighted by Gasteiger charge is 2.32. The molecule has 20 heavy (non-hydrogen) atoms. The second kappa shape index (κ2) is 6.05. The van der Waals surface area contributed by atoms with Crippen molar-refractivity contribution in [3.05, 3.63) is 65.5 Å². The summed E-state index contributed by atoms with van der Waals surface area (Å²) >= 11 is 0. The molecule has 0 fully saturated rings. The van der Waals surface area contributed by atoms with E-state index in [0.29, 0.717) is 6.54 Å². The largest absolute Gasteiger partial charge is 0.416 e. The summed E-state index contributed by atoms with van der Waals surface area (Å²) in [7, 11) is 1.78. The van der Waals surface area contributed by atoms with Crippen molar-refractivity contribution in [3.63, 3.8) is 0 Å². The van der Waals surface area contributed by atoms with Crippen LogP contribution in [0.1, 0.15) is 16.8 Å². The van der Waals surface area contributed by atoms with Crippen molar-refractivity contribution >= 4 is 0 Å². The number of benzene rings is 1. The molecule has 0 saturated heterocycles. The summed E-state index contributed by atoms with van der Waals surface area (Å²) in [6, 6.07) is 11.2. The maximum atomic E-state index is 12.9. The van der Waals surface area contributed by atoms with Gasteiger partial charge in [-0.1, -0.05) is 24.3 Å². The lowest BCUT2D eigenvalue weighted by molar-refractivity contribution is -0.138. The molecule has 0 N–H and O–H groups in total. The van der Waals surface area contributed by atoms with E-state index in [-0.39, 0.29) is 12.1 Å². The van der Waals surface area contributed by atoms with Crippen molar-refractivity contribution in [2.75, 3.05) is 7.05 Å². The molecule has 0 spiro atoms. The van der Waals surface area contributed by atoms with E-state index in [1.165, 1.54) is 12.1 Å². The van der Waals surface area contributed by atoms with Crippen LogP contribution in [0.25, 0.3) is 0 Å². The summed E-state index contributed by atoms with van der Waals surface area (Å²) in [6.45, 7) is 0.735. The molecule has 106 valence electrons. The number of nitrogens with zero attached hydrogens (tertiary/aromatic N) is 2. The number of rotatable bonds is 4. The van der Waals surface area contributed by atoms with E-state index in [9.17, 15) is 13.2 Å². The molecule has 0 radical (unpaired) electrons. The van der Waals surface area contributed by atoms with Gasteiger partial charge in [0.25, 0.3) is 0 Å². The fourth-order valence-electron chi connectivity index (χ4n) is 2.05. The number of hydrogen-bond donors (Lipinski definition) is 0. The first-order chi connectivity index (χ1) is 9.47. The third kappa shape index (κ3) is 3.81. The molecule has 2 rings (SSSR count). The van der Waals surface area contributed by atoms with E-state index < -0.39 is 11.7 Å². The zero-order valence-electron chi connectivity index (χ0n) is 11.1. The molecule has 0 atom stereocenters. The van der Waals surface area contributed by atoms with E-state index in [4.69, 9.17) is 0 Å². The third-order valence-corrected chi connectivity index (χ3v) is 2.92. The van der Waals surface area contributed by atoms with Crippen LogP contribution in [0, 0.1) is 0 Å². The quantitative estimate of drug-likeness (QED) is 0.848. The first-order valence-electron chi connectivity index (χ1n) is 6.20. The summed E-state index contributed by atoms with van der Waals surface area (Å²) in [5.41, 5.74) is 0.533. The molecule has 2 nitrogen and oxygen atoms in total. The Morgan fingerprint density at radius 3 is 2.35 bits per heavy atom. The second-order valence-corrected chi connectivity index (χ2v) is 4.65. The zero-order chi connectivity index (χ0) is 14.6. The van der Waals surface area contributed by atoms with Crippen LogP contribution in [0.4, 0.5) is 13.2 Å². The third-order valence-electron chi connectivity index (χ3n) is 2.92. The first kappa shape index (κ1) is 14.5. The van der Waals surface area contributed by atoms with Crippen LogP contribution in [0.5, 0.6) is 0 Å². The molecule has 0 aliphatic carbocycles. The summed E-state index contributed by atoms with van der Waals surface area (Å²) in [5, 5.41) is 0. The van der Waals surface area contributed by atoms with E-state index >= 15 is 0 Å². The lowest BCUT2D eigenvalue weighted by atomic mass is 10.1. The number of pyridine rings is 1. The number of halogens is 3. The summed E-state index contributed by atoms with van der Waals surface area (Å²) in [6.07, 6.45) is -2.64. The zero-order valence-corrected chi connectivity index (χ0v) is 11.1. The van der Waals surface area contributed by atoms with Crippen molar-refractivity contribution in [3.8, 4) is 0 Å². The normalized spacial score (nSPS) is 11.8. The fraction of sp³-hybridized carbons (Fsp3) is 0.267. The molecule has 0 unspecified atom stereocenters. The van der Waals surface area contributed by atoms with Gasteiger partial charge in [-0.3, -0.25) is 9.88 Å². The maximum absolute atomic E-state index is 12.9. The number of aromatic nitrogens is 1. The van der Waals surface area contributed by atoms with Gasteiger partial charge in [0.15, 0.2) is 0 Å². The van der Waals surface area contributed by atoms with Crippen LogP contribution < -0.4 is 0 Å². The van der Waals surface area contributed by atoms with Gasteiger partial charge in [-0.05, 0) is 30.8 Å². The highest BCUT2D eigenvalue weighted by molar-refractivity contribution is 5.29. The highest BCUT2D eigenvalue weighted by Crippen LogP contribution is 2.32. The fourth-order valence-corrected chi connectivity index (χ4v) is 2.05. The van der Waals surface area contributed by atoms with Gasteiger partial charge in [-0.25, -0.2) is 0 Å². The average Bonchev–Trinajstić information content (AvgIpc) is 2.39. The van der Waals surface area contributed by atoms with Crippen LogP contribution in [-0.2, 0) is 19.3 Å². The molecule has 0 saturated carbocycles. The maximum Gasteiger partial charge on any atom is 0.416 e. The Morgan fingerprint density at radius 1 is 1.00 bits per heavy atom. The minimum atomic E-state index is -4.32. The van der Waals surface area contributed by atoms with Gasteiger partial charge in [0.1, 0.15) is 0 Å². The molecule has 1 aromatic carbocycles. The Hall–Kier alpha value is -1.88. The number of alkyl halides is 3. The van der Waals surface area contributed by atoms with Gasteiger partial charge < -0.3 is 0 Å². The van der Waals surface area contributed by atoms with Gasteiger partial charge in [0.2, 0.25) is 0 Å². The van der Waals surface area contributed by atoms with Crippen molar-refractivity contribution in [1.29, 1.82) is 0 Å². The standard InChI is InChI=1S/C15H15F3N2/c1-20(11-13-7-4-5-9-19-13)10-12-6-2-3-8-14(12)15(16,17)18/h2-9H,10-11H2,1H3. The van der Waals surface area contributed by atoms with Crippen LogP contribution in [0.3, 0.4) is 0 Å². The van der Waals surface area contributed by atoms with E-state index in [1.807, 2.05) is 23.1 Å². The molecule has 1 aromatic heterocycles. The molecule has 5 heteroatoms. The predicted octanol–water partition coefficient (Wildman–Crippen LogP) is 3.73. The van der Waals surface area contributed by atoms with Crippen molar-refractivity contribution in [1.82, 2.24) is 9.88 Å². The molecule has 2 aromatic rings. The van der Waals surface area contributed by atoms with Crippen LogP contribution in [-0.4, -0.2) is 16.9 Å². The SMILES string of the molecule is CN(Cc1ccccn1)Cc1ccccc1C(F)(F)F. The van der Waals surface area contributed by atoms with Gasteiger partial charge in [-0.2, -0.15) is 13.2 Å². The predicted molar refractivity (Wildman–Crippen MR) is 70.9 cm³/mol. The molecule has 1 heterocycles.